The van der Waals surface area contributed by atoms with Crippen LogP contribution in [0.15, 0.2) is 71.8 Å². The van der Waals surface area contributed by atoms with E-state index < -0.39 is 27.3 Å². The highest BCUT2D eigenvalue weighted by atomic mass is 32.2. The summed E-state index contributed by atoms with van der Waals surface area (Å²) in [7, 11) is -2.46. The fraction of sp³-hybridized carbons (Fsp3) is 0.136. The van der Waals surface area contributed by atoms with Gasteiger partial charge in [0.25, 0.3) is 0 Å². The van der Waals surface area contributed by atoms with Crippen LogP contribution in [0.2, 0.25) is 0 Å². The number of nitrogens with zero attached hydrogens (tertiary/aromatic N) is 3. The Morgan fingerprint density at radius 1 is 1.09 bits per heavy atom. The minimum Gasteiger partial charge on any atom is -0.494 e. The third-order valence-corrected chi connectivity index (χ3v) is 7.32. The summed E-state index contributed by atoms with van der Waals surface area (Å²) in [6, 6.07) is 15.1. The van der Waals surface area contributed by atoms with E-state index in [1.54, 1.807) is 30.5 Å². The first-order valence-corrected chi connectivity index (χ1v) is 12.0. The molecule has 0 aliphatic carbocycles. The summed E-state index contributed by atoms with van der Waals surface area (Å²) < 4.78 is 44.9. The Hall–Kier alpha value is -3.37. The van der Waals surface area contributed by atoms with Gasteiger partial charge in [-0.2, -0.15) is 0 Å². The molecule has 0 spiro atoms. The molecular formula is C22H18FN3O4S2. The van der Waals surface area contributed by atoms with Gasteiger partial charge in [0, 0.05) is 6.20 Å². The van der Waals surface area contributed by atoms with Crippen LogP contribution in [0, 0.1) is 5.82 Å². The Balaban J connectivity index is 1.71. The number of amides is 1. The van der Waals surface area contributed by atoms with E-state index in [1.165, 1.54) is 23.3 Å². The zero-order valence-electron chi connectivity index (χ0n) is 16.9. The van der Waals surface area contributed by atoms with E-state index in [2.05, 4.69) is 9.97 Å². The van der Waals surface area contributed by atoms with E-state index in [9.17, 15) is 17.6 Å². The lowest BCUT2D eigenvalue weighted by Crippen LogP contribution is -2.35. The first kappa shape index (κ1) is 21.8. The Morgan fingerprint density at radius 3 is 2.56 bits per heavy atom. The van der Waals surface area contributed by atoms with Crippen molar-refractivity contribution in [2.24, 2.45) is 0 Å². The highest BCUT2D eigenvalue weighted by molar-refractivity contribution is 7.92. The molecule has 1 amide bonds. The Labute approximate surface area is 188 Å². The van der Waals surface area contributed by atoms with Gasteiger partial charge in [0.05, 0.1) is 28.9 Å². The Bertz CT molecular complexity index is 1360. The first-order valence-electron chi connectivity index (χ1n) is 9.49. The second-order valence-electron chi connectivity index (χ2n) is 6.82. The number of hydrogen-bond donors (Lipinski definition) is 0. The van der Waals surface area contributed by atoms with Crippen LogP contribution in [0.3, 0.4) is 0 Å². The molecule has 2 heterocycles. The lowest BCUT2D eigenvalue weighted by atomic mass is 10.3. The SMILES string of the molecule is COc1cccc2sc(N(Cc3ccccn3)C(=O)CS(=O)(=O)c3ccc(F)cc3)nc12. The van der Waals surface area contributed by atoms with Gasteiger partial charge < -0.3 is 4.74 Å². The summed E-state index contributed by atoms with van der Waals surface area (Å²) in [6.45, 7) is 0.0424. The number of hydrogen-bond acceptors (Lipinski definition) is 7. The third kappa shape index (κ3) is 4.61. The average Bonchev–Trinajstić information content (AvgIpc) is 3.22. The lowest BCUT2D eigenvalue weighted by Gasteiger charge is -2.19. The van der Waals surface area contributed by atoms with E-state index in [4.69, 9.17) is 4.74 Å². The number of benzene rings is 2. The molecule has 0 saturated carbocycles. The molecule has 4 aromatic rings. The summed E-state index contributed by atoms with van der Waals surface area (Å²) in [6.07, 6.45) is 1.59. The van der Waals surface area contributed by atoms with Gasteiger partial charge in [-0.3, -0.25) is 14.7 Å². The molecule has 164 valence electrons. The molecule has 0 unspecified atom stereocenters. The van der Waals surface area contributed by atoms with Crippen LogP contribution in [-0.4, -0.2) is 37.2 Å². The second-order valence-corrected chi connectivity index (χ2v) is 9.82. The van der Waals surface area contributed by atoms with Crippen molar-refractivity contribution in [2.45, 2.75) is 11.4 Å². The highest BCUT2D eigenvalue weighted by Gasteiger charge is 2.27. The van der Waals surface area contributed by atoms with Gasteiger partial charge in [0.1, 0.15) is 22.8 Å². The number of halogens is 1. The van der Waals surface area contributed by atoms with E-state index >= 15 is 0 Å². The molecule has 0 saturated heterocycles. The van der Waals surface area contributed by atoms with Gasteiger partial charge in [-0.15, -0.1) is 0 Å². The molecule has 0 N–H and O–H groups in total. The Morgan fingerprint density at radius 2 is 1.88 bits per heavy atom. The molecule has 0 aliphatic heterocycles. The third-order valence-electron chi connectivity index (χ3n) is 4.66. The van der Waals surface area contributed by atoms with Crippen molar-refractivity contribution >= 4 is 42.4 Å². The van der Waals surface area contributed by atoms with Crippen LogP contribution in [0.5, 0.6) is 5.75 Å². The molecule has 7 nitrogen and oxygen atoms in total. The molecule has 2 aromatic carbocycles. The number of carbonyl (C=O) groups is 1. The molecular weight excluding hydrogens is 453 g/mol. The topological polar surface area (TPSA) is 89.5 Å². The van der Waals surface area contributed by atoms with Crippen LogP contribution >= 0.6 is 11.3 Å². The number of fused-ring (bicyclic) bond motifs is 1. The molecule has 0 fully saturated rings. The summed E-state index contributed by atoms with van der Waals surface area (Å²) in [4.78, 5) is 23.2. The van der Waals surface area contributed by atoms with Crippen LogP contribution in [0.4, 0.5) is 9.52 Å². The van der Waals surface area contributed by atoms with Crippen molar-refractivity contribution in [1.82, 2.24) is 9.97 Å². The first-order chi connectivity index (χ1) is 15.4. The quantitative estimate of drug-likeness (QED) is 0.381. The van der Waals surface area contributed by atoms with Crippen LogP contribution in [0.1, 0.15) is 5.69 Å². The number of carbonyl (C=O) groups excluding carboxylic acids is 1. The maximum atomic E-state index is 13.2. The average molecular weight is 472 g/mol. The van der Waals surface area contributed by atoms with Crippen LogP contribution < -0.4 is 9.64 Å². The molecule has 0 atom stereocenters. The highest BCUT2D eigenvalue weighted by Crippen LogP contribution is 2.34. The number of sulfone groups is 1. The van der Waals surface area contributed by atoms with Crippen molar-refractivity contribution in [3.8, 4) is 5.75 Å². The fourth-order valence-electron chi connectivity index (χ4n) is 3.07. The molecule has 0 aliphatic rings. The van der Waals surface area contributed by atoms with Crippen molar-refractivity contribution in [3.05, 3.63) is 78.4 Å². The molecule has 0 bridgehead atoms. The molecule has 0 radical (unpaired) electrons. The van der Waals surface area contributed by atoms with Crippen LogP contribution in [-0.2, 0) is 21.2 Å². The van der Waals surface area contributed by atoms with Crippen LogP contribution in [0.25, 0.3) is 10.2 Å². The summed E-state index contributed by atoms with van der Waals surface area (Å²) in [5.74, 6) is -1.47. The van der Waals surface area contributed by atoms with Crippen molar-refractivity contribution in [2.75, 3.05) is 17.8 Å². The van der Waals surface area contributed by atoms with E-state index in [1.807, 2.05) is 12.1 Å². The number of ether oxygens (including phenoxy) is 1. The number of pyridine rings is 1. The number of thiazole rings is 1. The number of anilines is 1. The number of methoxy groups -OCH3 is 1. The van der Waals surface area contributed by atoms with E-state index in [-0.39, 0.29) is 11.4 Å². The normalized spacial score (nSPS) is 11.4. The minimum absolute atomic E-state index is 0.0424. The largest absolute Gasteiger partial charge is 0.494 e. The minimum atomic E-state index is -3.99. The summed E-state index contributed by atoms with van der Waals surface area (Å²) in [5, 5.41) is 0.328. The Kier molecular flexibility index (Phi) is 6.15. The summed E-state index contributed by atoms with van der Waals surface area (Å²) >= 11 is 1.25. The summed E-state index contributed by atoms with van der Waals surface area (Å²) in [5.41, 5.74) is 1.15. The predicted molar refractivity (Wildman–Crippen MR) is 120 cm³/mol. The van der Waals surface area contributed by atoms with Gasteiger partial charge in [0.15, 0.2) is 15.0 Å². The lowest BCUT2D eigenvalue weighted by molar-refractivity contribution is -0.116. The van der Waals surface area contributed by atoms with E-state index in [0.717, 1.165) is 29.0 Å². The monoisotopic (exact) mass is 471 g/mol. The molecule has 4 rings (SSSR count). The van der Waals surface area contributed by atoms with E-state index in [0.29, 0.717) is 22.1 Å². The maximum Gasteiger partial charge on any atom is 0.244 e. The molecule has 10 heteroatoms. The zero-order valence-corrected chi connectivity index (χ0v) is 18.6. The van der Waals surface area contributed by atoms with Crippen molar-refractivity contribution in [3.63, 3.8) is 0 Å². The van der Waals surface area contributed by atoms with Gasteiger partial charge >= 0.3 is 0 Å². The smallest absolute Gasteiger partial charge is 0.244 e. The molecule has 2 aromatic heterocycles. The van der Waals surface area contributed by atoms with Gasteiger partial charge in [0.2, 0.25) is 5.91 Å². The van der Waals surface area contributed by atoms with Gasteiger partial charge in [-0.25, -0.2) is 17.8 Å². The predicted octanol–water partition coefficient (Wildman–Crippen LogP) is 3.85. The standard InChI is InChI=1S/C22H18FN3O4S2/c1-30-18-6-4-7-19-21(18)25-22(31-19)26(13-16-5-2-3-12-24-16)20(27)14-32(28,29)17-10-8-15(23)9-11-17/h2-12H,13-14H2,1H3. The van der Waals surface area contributed by atoms with Gasteiger partial charge in [-0.1, -0.05) is 23.5 Å². The van der Waals surface area contributed by atoms with Gasteiger partial charge in [-0.05, 0) is 48.5 Å². The number of aromatic nitrogens is 2. The number of para-hydroxylation sites is 1. The van der Waals surface area contributed by atoms with Crippen molar-refractivity contribution < 1.29 is 22.3 Å². The second kappa shape index (κ2) is 9.01. The number of rotatable bonds is 7. The van der Waals surface area contributed by atoms with Crippen molar-refractivity contribution in [1.29, 1.82) is 0 Å². The zero-order chi connectivity index (χ0) is 22.7. The maximum absolute atomic E-state index is 13.2. The molecule has 32 heavy (non-hydrogen) atoms. The fourth-order valence-corrected chi connectivity index (χ4v) is 5.27.